The van der Waals surface area contributed by atoms with E-state index in [1.807, 2.05) is 61.6 Å². The van der Waals surface area contributed by atoms with Crippen molar-refractivity contribution in [3.8, 4) is 11.1 Å². The van der Waals surface area contributed by atoms with Crippen molar-refractivity contribution in [1.29, 1.82) is 0 Å². The van der Waals surface area contributed by atoms with Crippen LogP contribution in [0.25, 0.3) is 11.1 Å². The molecular formula is C22H21ClFN2O+. The molecule has 2 N–H and O–H groups in total. The molecule has 0 bridgehead atoms. The molecule has 3 rings (SSSR count). The average molecular weight is 384 g/mol. The maximum absolute atomic E-state index is 13.9. The number of amides is 1. The van der Waals surface area contributed by atoms with Crippen molar-refractivity contribution in [1.82, 2.24) is 0 Å². The van der Waals surface area contributed by atoms with Gasteiger partial charge in [0, 0.05) is 11.3 Å². The van der Waals surface area contributed by atoms with E-state index in [0.29, 0.717) is 17.1 Å². The fourth-order valence-electron chi connectivity index (χ4n) is 3.00. The van der Waals surface area contributed by atoms with Crippen molar-refractivity contribution in [2.75, 3.05) is 18.9 Å². The number of likely N-dealkylation sites (N-methyl/N-ethyl adjacent to an activating group) is 1. The summed E-state index contributed by atoms with van der Waals surface area (Å²) in [5.74, 6) is -0.486. The van der Waals surface area contributed by atoms with Crippen molar-refractivity contribution < 1.29 is 14.1 Å². The lowest BCUT2D eigenvalue weighted by molar-refractivity contribution is -0.885. The molecular weight excluding hydrogens is 363 g/mol. The molecule has 0 aliphatic heterocycles. The van der Waals surface area contributed by atoms with Crippen LogP contribution < -0.4 is 10.2 Å². The second-order valence-corrected chi connectivity index (χ2v) is 6.88. The quantitative estimate of drug-likeness (QED) is 0.667. The summed E-state index contributed by atoms with van der Waals surface area (Å²) in [4.78, 5) is 13.4. The Morgan fingerprint density at radius 1 is 1.00 bits per heavy atom. The zero-order valence-electron chi connectivity index (χ0n) is 15.0. The second kappa shape index (κ2) is 8.80. The van der Waals surface area contributed by atoms with Gasteiger partial charge in [-0.25, -0.2) is 4.39 Å². The molecule has 0 aliphatic carbocycles. The highest BCUT2D eigenvalue weighted by molar-refractivity contribution is 6.31. The third-order valence-electron chi connectivity index (χ3n) is 4.29. The van der Waals surface area contributed by atoms with Crippen LogP contribution in [-0.4, -0.2) is 19.5 Å². The summed E-state index contributed by atoms with van der Waals surface area (Å²) >= 11 is 6.07. The zero-order chi connectivity index (χ0) is 19.2. The van der Waals surface area contributed by atoms with Gasteiger partial charge in [0.05, 0.1) is 17.6 Å². The van der Waals surface area contributed by atoms with E-state index in [9.17, 15) is 9.18 Å². The third-order valence-corrected chi connectivity index (χ3v) is 4.64. The highest BCUT2D eigenvalue weighted by Crippen LogP contribution is 2.27. The van der Waals surface area contributed by atoms with Crippen LogP contribution in [-0.2, 0) is 11.3 Å². The SMILES string of the molecule is C[NH+](CC(=O)Nc1ccccc1-c1ccccc1)Cc1c(F)cccc1Cl. The number of carbonyl (C=O) groups excluding carboxylic acids is 1. The molecule has 3 aromatic rings. The molecule has 3 nitrogen and oxygen atoms in total. The van der Waals surface area contributed by atoms with Crippen LogP contribution >= 0.6 is 11.6 Å². The average Bonchev–Trinajstić information content (AvgIpc) is 2.66. The Hall–Kier alpha value is -2.69. The Labute approximate surface area is 163 Å². The van der Waals surface area contributed by atoms with Crippen LogP contribution in [0, 0.1) is 5.82 Å². The molecule has 3 aromatic carbocycles. The van der Waals surface area contributed by atoms with Gasteiger partial charge in [0.2, 0.25) is 0 Å². The number of nitrogens with one attached hydrogen (secondary N) is 2. The van der Waals surface area contributed by atoms with Gasteiger partial charge in [-0.3, -0.25) is 4.79 Å². The minimum atomic E-state index is -0.350. The first-order valence-electron chi connectivity index (χ1n) is 8.73. The number of hydrogen-bond acceptors (Lipinski definition) is 1. The van der Waals surface area contributed by atoms with Crippen LogP contribution in [0.5, 0.6) is 0 Å². The van der Waals surface area contributed by atoms with Crippen LogP contribution in [0.1, 0.15) is 5.56 Å². The smallest absolute Gasteiger partial charge is 0.279 e. The molecule has 0 fully saturated rings. The van der Waals surface area contributed by atoms with Crippen molar-refractivity contribution >= 4 is 23.2 Å². The van der Waals surface area contributed by atoms with E-state index < -0.39 is 0 Å². The molecule has 0 radical (unpaired) electrons. The normalized spacial score (nSPS) is 11.8. The van der Waals surface area contributed by atoms with E-state index in [0.717, 1.165) is 21.7 Å². The number of hydrogen-bond donors (Lipinski definition) is 2. The van der Waals surface area contributed by atoms with Gasteiger partial charge in [-0.2, -0.15) is 0 Å². The molecule has 1 atom stereocenters. The Balaban J connectivity index is 1.68. The Kier molecular flexibility index (Phi) is 6.22. The molecule has 1 amide bonds. The van der Waals surface area contributed by atoms with Crippen LogP contribution in [0.2, 0.25) is 5.02 Å². The molecule has 27 heavy (non-hydrogen) atoms. The Morgan fingerprint density at radius 3 is 2.44 bits per heavy atom. The Morgan fingerprint density at radius 2 is 1.70 bits per heavy atom. The third kappa shape index (κ3) is 4.94. The van der Waals surface area contributed by atoms with Crippen molar-refractivity contribution in [2.24, 2.45) is 0 Å². The van der Waals surface area contributed by atoms with Gasteiger partial charge >= 0.3 is 0 Å². The predicted molar refractivity (Wildman–Crippen MR) is 107 cm³/mol. The lowest BCUT2D eigenvalue weighted by atomic mass is 10.0. The number of para-hydroxylation sites is 1. The van der Waals surface area contributed by atoms with Crippen LogP contribution in [0.15, 0.2) is 72.8 Å². The van der Waals surface area contributed by atoms with Gasteiger partial charge in [-0.15, -0.1) is 0 Å². The molecule has 0 heterocycles. The van der Waals surface area contributed by atoms with Crippen molar-refractivity contribution in [2.45, 2.75) is 6.54 Å². The van der Waals surface area contributed by atoms with Crippen LogP contribution in [0.3, 0.4) is 0 Å². The van der Waals surface area contributed by atoms with Crippen LogP contribution in [0.4, 0.5) is 10.1 Å². The van der Waals surface area contributed by atoms with Gasteiger partial charge in [0.15, 0.2) is 6.54 Å². The van der Waals surface area contributed by atoms with Gasteiger partial charge < -0.3 is 10.2 Å². The minimum Gasteiger partial charge on any atom is -0.326 e. The van der Waals surface area contributed by atoms with E-state index in [2.05, 4.69) is 5.32 Å². The van der Waals surface area contributed by atoms with Gasteiger partial charge in [-0.1, -0.05) is 66.2 Å². The Bertz CT molecular complexity index is 910. The van der Waals surface area contributed by atoms with E-state index in [-0.39, 0.29) is 18.3 Å². The highest BCUT2D eigenvalue weighted by Gasteiger charge is 2.16. The fraction of sp³-hybridized carbons (Fsp3) is 0.136. The first-order valence-corrected chi connectivity index (χ1v) is 9.11. The number of anilines is 1. The van der Waals surface area contributed by atoms with Crippen molar-refractivity contribution in [3.63, 3.8) is 0 Å². The summed E-state index contributed by atoms with van der Waals surface area (Å²) < 4.78 is 13.9. The lowest BCUT2D eigenvalue weighted by Crippen LogP contribution is -3.08. The lowest BCUT2D eigenvalue weighted by Gasteiger charge is -2.16. The number of rotatable bonds is 6. The van der Waals surface area contributed by atoms with E-state index >= 15 is 0 Å². The predicted octanol–water partition coefficient (Wildman–Crippen LogP) is 3.80. The van der Waals surface area contributed by atoms with Gasteiger partial charge in [0.1, 0.15) is 12.4 Å². The molecule has 0 spiro atoms. The summed E-state index contributed by atoms with van der Waals surface area (Å²) in [7, 11) is 1.84. The topological polar surface area (TPSA) is 33.5 Å². The number of quaternary nitrogens is 1. The molecule has 0 aromatic heterocycles. The summed E-state index contributed by atoms with van der Waals surface area (Å²) in [6, 6.07) is 22.2. The maximum atomic E-state index is 13.9. The van der Waals surface area contributed by atoms with E-state index in [4.69, 9.17) is 11.6 Å². The first kappa shape index (κ1) is 19.1. The molecule has 0 aliphatic rings. The summed E-state index contributed by atoms with van der Waals surface area (Å²) in [5.41, 5.74) is 3.17. The number of halogens is 2. The molecule has 0 saturated heterocycles. The second-order valence-electron chi connectivity index (χ2n) is 6.47. The van der Waals surface area contributed by atoms with E-state index in [1.54, 1.807) is 12.1 Å². The molecule has 138 valence electrons. The van der Waals surface area contributed by atoms with Gasteiger partial charge in [-0.05, 0) is 23.8 Å². The first-order chi connectivity index (χ1) is 13.0. The van der Waals surface area contributed by atoms with Gasteiger partial charge in [0.25, 0.3) is 5.91 Å². The number of carbonyl (C=O) groups is 1. The summed E-state index contributed by atoms with van der Waals surface area (Å²) in [5, 5.41) is 3.35. The monoisotopic (exact) mass is 383 g/mol. The summed E-state index contributed by atoms with van der Waals surface area (Å²) in [6.07, 6.45) is 0. The minimum absolute atomic E-state index is 0.136. The standard InChI is InChI=1S/C22H20ClFN2O/c1-26(14-18-19(23)11-7-12-20(18)24)15-22(27)25-21-13-6-5-10-17(21)16-8-3-2-4-9-16/h2-13H,14-15H2,1H3,(H,25,27)/p+1. The number of benzene rings is 3. The zero-order valence-corrected chi connectivity index (χ0v) is 15.8. The largest absolute Gasteiger partial charge is 0.326 e. The van der Waals surface area contributed by atoms with Crippen molar-refractivity contribution in [3.05, 3.63) is 89.2 Å². The van der Waals surface area contributed by atoms with E-state index in [1.165, 1.54) is 6.07 Å². The summed E-state index contributed by atoms with van der Waals surface area (Å²) in [6.45, 7) is 0.535. The maximum Gasteiger partial charge on any atom is 0.279 e. The fourth-order valence-corrected chi connectivity index (χ4v) is 3.23. The highest BCUT2D eigenvalue weighted by atomic mass is 35.5. The molecule has 0 saturated carbocycles. The molecule has 5 heteroatoms. The molecule has 1 unspecified atom stereocenters.